The van der Waals surface area contributed by atoms with Crippen LogP contribution in [0.2, 0.25) is 0 Å². The Bertz CT molecular complexity index is 263. The molecule has 1 radical (unpaired) electrons. The van der Waals surface area contributed by atoms with Gasteiger partial charge in [0.25, 0.3) is 0 Å². The maximum Gasteiger partial charge on any atom is 0.162 e. The molecule has 0 unspecified atom stereocenters. The number of benzene rings is 1. The van der Waals surface area contributed by atoms with E-state index in [1.807, 2.05) is 0 Å². The third-order valence-electron chi connectivity index (χ3n) is 1.14. The average molecular weight is 241 g/mol. The first-order valence-electron chi connectivity index (χ1n) is 2.83. The van der Waals surface area contributed by atoms with Crippen molar-refractivity contribution >= 4 is 5.69 Å². The van der Waals surface area contributed by atoms with Crippen LogP contribution in [0.4, 0.5) is 5.69 Å². The van der Waals surface area contributed by atoms with Gasteiger partial charge >= 0.3 is 0 Å². The maximum atomic E-state index is 10.1. The van der Waals surface area contributed by atoms with E-state index in [-0.39, 0.29) is 45.8 Å². The summed E-state index contributed by atoms with van der Waals surface area (Å²) in [6.45, 7) is 1.81. The molecule has 0 N–H and O–H groups in total. The summed E-state index contributed by atoms with van der Waals surface area (Å²) in [6.07, 6.45) is 0. The van der Waals surface area contributed by atoms with Gasteiger partial charge in [-0.25, -0.2) is 0 Å². The van der Waals surface area contributed by atoms with Crippen molar-refractivity contribution in [3.8, 4) is 0 Å². The van der Waals surface area contributed by atoms with E-state index < -0.39 is 4.92 Å². The standard InChI is InChI=1S/C7H6NO2.CH4.Y/c1-6-3-2-4-7(5-6)8(9)10;;/h2-3,5H,1H3;1H4;/q-1;;. The Morgan fingerprint density at radius 2 is 2.17 bits per heavy atom. The smallest absolute Gasteiger partial charge is 0.162 e. The molecule has 0 aliphatic carbocycles. The number of nitro benzene ring substituents is 1. The van der Waals surface area contributed by atoms with Gasteiger partial charge in [0.15, 0.2) is 5.69 Å². The molecule has 0 fully saturated rings. The van der Waals surface area contributed by atoms with Crippen LogP contribution in [0, 0.1) is 23.1 Å². The van der Waals surface area contributed by atoms with E-state index >= 15 is 0 Å². The van der Waals surface area contributed by atoms with Crippen LogP contribution < -0.4 is 0 Å². The van der Waals surface area contributed by atoms with Gasteiger partial charge in [-0.1, -0.05) is 20.4 Å². The van der Waals surface area contributed by atoms with Gasteiger partial charge < -0.3 is 0 Å². The number of hydrogen-bond acceptors (Lipinski definition) is 2. The molecule has 1 aromatic carbocycles. The molecule has 0 aromatic heterocycles. The predicted octanol–water partition coefficient (Wildman–Crippen LogP) is 2.34. The molecule has 63 valence electrons. The van der Waals surface area contributed by atoms with Crippen molar-refractivity contribution in [1.82, 2.24) is 0 Å². The van der Waals surface area contributed by atoms with Crippen molar-refractivity contribution < 1.29 is 37.6 Å². The van der Waals surface area contributed by atoms with Crippen molar-refractivity contribution in [1.29, 1.82) is 0 Å². The molecule has 4 heteroatoms. The third-order valence-corrected chi connectivity index (χ3v) is 1.14. The number of nitro groups is 1. The first-order valence-corrected chi connectivity index (χ1v) is 2.83. The average Bonchev–Trinajstić information content (AvgIpc) is 1.88. The molecule has 0 aliphatic heterocycles. The quantitative estimate of drug-likeness (QED) is 0.430. The monoisotopic (exact) mass is 241 g/mol. The predicted molar refractivity (Wildman–Crippen MR) is 43.4 cm³/mol. The third kappa shape index (κ3) is 3.93. The Balaban J connectivity index is 0. The van der Waals surface area contributed by atoms with E-state index in [0.29, 0.717) is 0 Å². The fraction of sp³-hybridized carbons (Fsp3) is 0.250. The molecule has 0 saturated carbocycles. The molecule has 3 nitrogen and oxygen atoms in total. The minimum atomic E-state index is -0.451. The summed E-state index contributed by atoms with van der Waals surface area (Å²) in [5.41, 5.74) is 0.908. The second-order valence-corrected chi connectivity index (χ2v) is 2.01. The van der Waals surface area contributed by atoms with Gasteiger partial charge in [-0.15, -0.1) is 6.07 Å². The zero-order valence-electron chi connectivity index (χ0n) is 6.07. The Hall–Kier alpha value is -0.276. The molecule has 0 atom stereocenters. The van der Waals surface area contributed by atoms with E-state index in [0.717, 1.165) is 5.56 Å². The van der Waals surface area contributed by atoms with Gasteiger partial charge in [-0.05, 0) is 0 Å². The second-order valence-electron chi connectivity index (χ2n) is 2.01. The second kappa shape index (κ2) is 6.26. The number of hydrogen-bond donors (Lipinski definition) is 0. The molecular weight excluding hydrogens is 231 g/mol. The summed E-state index contributed by atoms with van der Waals surface area (Å²) in [6, 6.07) is 7.32. The summed E-state index contributed by atoms with van der Waals surface area (Å²) in [7, 11) is 0. The molecule has 0 saturated heterocycles. The Labute approximate surface area is 97.2 Å². The first-order chi connectivity index (χ1) is 4.70. The topological polar surface area (TPSA) is 43.1 Å². The van der Waals surface area contributed by atoms with Crippen LogP contribution in [0.3, 0.4) is 0 Å². The molecule has 0 bridgehead atoms. The van der Waals surface area contributed by atoms with Gasteiger partial charge in [0, 0.05) is 37.6 Å². The molecule has 1 rings (SSSR count). The fourth-order valence-electron chi connectivity index (χ4n) is 0.669. The summed E-state index contributed by atoms with van der Waals surface area (Å²) < 4.78 is 0. The molecule has 1 aromatic rings. The van der Waals surface area contributed by atoms with Gasteiger partial charge in [-0.2, -0.15) is 17.7 Å². The Kier molecular flexibility index (Phi) is 7.44. The van der Waals surface area contributed by atoms with E-state index in [2.05, 4.69) is 6.07 Å². The Morgan fingerprint density at radius 1 is 1.58 bits per heavy atom. The Morgan fingerprint density at radius 3 is 2.50 bits per heavy atom. The summed E-state index contributed by atoms with van der Waals surface area (Å²) >= 11 is 0. The van der Waals surface area contributed by atoms with Crippen molar-refractivity contribution in [2.24, 2.45) is 0 Å². The first kappa shape index (κ1) is 14.3. The number of non-ortho nitro benzene ring substituents is 1. The van der Waals surface area contributed by atoms with Crippen molar-refractivity contribution in [3.63, 3.8) is 0 Å². The molecule has 0 spiro atoms. The molecule has 0 amide bonds. The number of rotatable bonds is 1. The van der Waals surface area contributed by atoms with Gasteiger partial charge in [0.05, 0.1) is 0 Å². The molecule has 12 heavy (non-hydrogen) atoms. The van der Waals surface area contributed by atoms with Crippen molar-refractivity contribution in [3.05, 3.63) is 39.9 Å². The van der Waals surface area contributed by atoms with Crippen LogP contribution in [-0.4, -0.2) is 4.92 Å². The van der Waals surface area contributed by atoms with Crippen LogP contribution in [0.5, 0.6) is 0 Å². The van der Waals surface area contributed by atoms with E-state index in [9.17, 15) is 10.1 Å². The zero-order valence-corrected chi connectivity index (χ0v) is 8.91. The maximum absolute atomic E-state index is 10.1. The van der Waals surface area contributed by atoms with E-state index in [1.54, 1.807) is 19.1 Å². The minimum Gasteiger partial charge on any atom is -0.260 e. The van der Waals surface area contributed by atoms with E-state index in [1.165, 1.54) is 6.07 Å². The largest absolute Gasteiger partial charge is 0.260 e. The summed E-state index contributed by atoms with van der Waals surface area (Å²) in [5, 5.41) is 10.1. The molecule has 0 heterocycles. The zero-order chi connectivity index (χ0) is 7.56. The van der Waals surface area contributed by atoms with Crippen LogP contribution in [-0.2, 0) is 32.7 Å². The van der Waals surface area contributed by atoms with Gasteiger partial charge in [-0.3, -0.25) is 10.1 Å². The van der Waals surface area contributed by atoms with E-state index in [4.69, 9.17) is 0 Å². The summed E-state index contributed by atoms with van der Waals surface area (Å²) in [5.74, 6) is 0. The number of nitrogens with zero attached hydrogens (tertiary/aromatic N) is 1. The number of aryl methyl sites for hydroxylation is 1. The van der Waals surface area contributed by atoms with Crippen LogP contribution >= 0.6 is 0 Å². The fourth-order valence-corrected chi connectivity index (χ4v) is 0.669. The van der Waals surface area contributed by atoms with Crippen molar-refractivity contribution in [2.45, 2.75) is 14.4 Å². The normalized spacial score (nSPS) is 7.75. The van der Waals surface area contributed by atoms with Crippen molar-refractivity contribution in [2.75, 3.05) is 0 Å². The molecular formula is C8H10NO2Y-. The van der Waals surface area contributed by atoms with Crippen LogP contribution in [0.15, 0.2) is 18.2 Å². The SMILES string of the molecule is C.Cc1cc[c-]c([N+](=O)[O-])c1.[Y]. The minimum absolute atomic E-state index is 0. The van der Waals surface area contributed by atoms with Crippen LogP contribution in [0.1, 0.15) is 13.0 Å². The summed E-state index contributed by atoms with van der Waals surface area (Å²) in [4.78, 5) is 9.68. The van der Waals surface area contributed by atoms with Crippen LogP contribution in [0.25, 0.3) is 0 Å². The van der Waals surface area contributed by atoms with Gasteiger partial charge in [0.1, 0.15) is 0 Å². The van der Waals surface area contributed by atoms with Gasteiger partial charge in [0.2, 0.25) is 0 Å². The molecule has 0 aliphatic rings.